The van der Waals surface area contributed by atoms with Gasteiger partial charge in [0.1, 0.15) is 5.69 Å². The Hall–Kier alpha value is -2.31. The van der Waals surface area contributed by atoms with E-state index in [0.29, 0.717) is 30.3 Å². The summed E-state index contributed by atoms with van der Waals surface area (Å²) in [5.41, 5.74) is 1.50. The number of esters is 2. The maximum atomic E-state index is 12.6. The monoisotopic (exact) mass is 364 g/mol. The van der Waals surface area contributed by atoms with E-state index in [2.05, 4.69) is 11.9 Å². The topological polar surface area (TPSA) is 88.7 Å². The zero-order valence-electron chi connectivity index (χ0n) is 16.2. The lowest BCUT2D eigenvalue weighted by atomic mass is 9.99. The van der Waals surface area contributed by atoms with Gasteiger partial charge in [0.15, 0.2) is 6.10 Å². The summed E-state index contributed by atoms with van der Waals surface area (Å²) in [4.78, 5) is 41.6. The van der Waals surface area contributed by atoms with Gasteiger partial charge in [0, 0.05) is 18.8 Å². The van der Waals surface area contributed by atoms with E-state index < -0.39 is 18.0 Å². The fraction of sp³-hybridized carbons (Fsp3) is 0.632. The summed E-state index contributed by atoms with van der Waals surface area (Å²) in [6.07, 6.45) is 1.06. The minimum atomic E-state index is -0.865. The van der Waals surface area contributed by atoms with Crippen molar-refractivity contribution in [3.63, 3.8) is 0 Å². The van der Waals surface area contributed by atoms with Crippen molar-refractivity contribution < 1.29 is 23.9 Å². The number of piperidine rings is 1. The molecule has 2 heterocycles. The highest BCUT2D eigenvalue weighted by Crippen LogP contribution is 2.21. The van der Waals surface area contributed by atoms with Crippen LogP contribution in [-0.2, 0) is 14.3 Å². The quantitative estimate of drug-likeness (QED) is 0.811. The van der Waals surface area contributed by atoms with Crippen molar-refractivity contribution in [2.45, 2.75) is 53.6 Å². The molecule has 1 fully saturated rings. The summed E-state index contributed by atoms with van der Waals surface area (Å²) in [6, 6.07) is 0. The van der Waals surface area contributed by atoms with Crippen LogP contribution in [0.15, 0.2) is 0 Å². The third-order valence-corrected chi connectivity index (χ3v) is 4.85. The molecule has 1 aliphatic heterocycles. The number of likely N-dealkylation sites (tertiary alicyclic amines) is 1. The second-order valence-electron chi connectivity index (χ2n) is 6.90. The standard InChI is InChI=1S/C19H28N2O5/c1-6-25-19(24)16-12(3)15(13(4)20-16)18(23)26-14(5)17(22)21-9-7-11(2)8-10-21/h11,14,20H,6-10H2,1-5H3/t14-/m1/s1. The number of carbonyl (C=O) groups is 3. The molecule has 7 nitrogen and oxygen atoms in total. The van der Waals surface area contributed by atoms with Crippen molar-refractivity contribution in [1.82, 2.24) is 9.88 Å². The van der Waals surface area contributed by atoms with E-state index in [0.717, 1.165) is 12.8 Å². The summed E-state index contributed by atoms with van der Waals surface area (Å²) in [6.45, 7) is 10.4. The van der Waals surface area contributed by atoms with Crippen molar-refractivity contribution in [2.24, 2.45) is 5.92 Å². The molecule has 1 saturated heterocycles. The van der Waals surface area contributed by atoms with E-state index in [1.165, 1.54) is 0 Å². The van der Waals surface area contributed by atoms with Crippen LogP contribution in [0.2, 0.25) is 0 Å². The van der Waals surface area contributed by atoms with Gasteiger partial charge >= 0.3 is 11.9 Å². The Morgan fingerprint density at radius 3 is 2.38 bits per heavy atom. The maximum absolute atomic E-state index is 12.6. The van der Waals surface area contributed by atoms with Crippen molar-refractivity contribution in [1.29, 1.82) is 0 Å². The minimum Gasteiger partial charge on any atom is -0.461 e. The molecule has 1 aromatic rings. The number of rotatable bonds is 5. The first kappa shape index (κ1) is 20.0. The number of hydrogen-bond acceptors (Lipinski definition) is 5. The Morgan fingerprint density at radius 1 is 1.19 bits per heavy atom. The van der Waals surface area contributed by atoms with Gasteiger partial charge in [0.2, 0.25) is 0 Å². The fourth-order valence-corrected chi connectivity index (χ4v) is 3.22. The van der Waals surface area contributed by atoms with Gasteiger partial charge in [0.05, 0.1) is 12.2 Å². The highest BCUT2D eigenvalue weighted by molar-refractivity contribution is 5.99. The minimum absolute atomic E-state index is 0.179. The number of nitrogens with zero attached hydrogens (tertiary/aromatic N) is 1. The zero-order valence-corrected chi connectivity index (χ0v) is 16.2. The number of carbonyl (C=O) groups excluding carboxylic acids is 3. The Kier molecular flexibility index (Phi) is 6.45. The molecule has 1 aliphatic rings. The van der Waals surface area contributed by atoms with Gasteiger partial charge in [-0.1, -0.05) is 6.92 Å². The van der Waals surface area contributed by atoms with E-state index in [1.54, 1.807) is 32.6 Å². The van der Waals surface area contributed by atoms with Crippen molar-refractivity contribution in [3.05, 3.63) is 22.5 Å². The SMILES string of the molecule is CCOC(=O)c1[nH]c(C)c(C(=O)O[C@H](C)C(=O)N2CCC(C)CC2)c1C. The molecule has 26 heavy (non-hydrogen) atoms. The number of aromatic amines is 1. The largest absolute Gasteiger partial charge is 0.461 e. The van der Waals surface area contributed by atoms with Crippen LogP contribution < -0.4 is 0 Å². The van der Waals surface area contributed by atoms with Crippen molar-refractivity contribution in [2.75, 3.05) is 19.7 Å². The summed E-state index contributed by atoms with van der Waals surface area (Å²) in [5.74, 6) is -0.693. The lowest BCUT2D eigenvalue weighted by Gasteiger charge is -2.31. The van der Waals surface area contributed by atoms with Gasteiger partial charge in [-0.3, -0.25) is 4.79 Å². The van der Waals surface area contributed by atoms with Crippen LogP contribution in [0, 0.1) is 19.8 Å². The van der Waals surface area contributed by atoms with Crippen LogP contribution >= 0.6 is 0 Å². The van der Waals surface area contributed by atoms with Gasteiger partial charge in [0.25, 0.3) is 5.91 Å². The van der Waals surface area contributed by atoms with Gasteiger partial charge in [-0.15, -0.1) is 0 Å². The Morgan fingerprint density at radius 2 is 1.81 bits per heavy atom. The molecule has 1 aromatic heterocycles. The molecule has 0 saturated carbocycles. The molecule has 0 radical (unpaired) electrons. The summed E-state index contributed by atoms with van der Waals surface area (Å²) in [7, 11) is 0. The second-order valence-corrected chi connectivity index (χ2v) is 6.90. The molecule has 0 aliphatic carbocycles. The number of aromatic nitrogens is 1. The average molecular weight is 364 g/mol. The van der Waals surface area contributed by atoms with Gasteiger partial charge < -0.3 is 19.4 Å². The predicted octanol–water partition coefficient (Wildman–Crippen LogP) is 2.61. The molecule has 2 rings (SSSR count). The van der Waals surface area contributed by atoms with E-state index >= 15 is 0 Å². The van der Waals surface area contributed by atoms with Gasteiger partial charge in [-0.2, -0.15) is 0 Å². The summed E-state index contributed by atoms with van der Waals surface area (Å²) in [5, 5.41) is 0. The molecular weight excluding hydrogens is 336 g/mol. The Bertz CT molecular complexity index is 686. The summed E-state index contributed by atoms with van der Waals surface area (Å²) < 4.78 is 10.4. The molecule has 1 amide bonds. The molecule has 1 atom stereocenters. The third-order valence-electron chi connectivity index (χ3n) is 4.85. The second kappa shape index (κ2) is 8.38. The van der Waals surface area contributed by atoms with Crippen LogP contribution in [0.25, 0.3) is 0 Å². The first-order chi connectivity index (χ1) is 12.3. The smallest absolute Gasteiger partial charge is 0.355 e. The highest BCUT2D eigenvalue weighted by atomic mass is 16.5. The third kappa shape index (κ3) is 4.26. The van der Waals surface area contributed by atoms with Gasteiger partial charge in [-0.05, 0) is 52.0 Å². The Labute approximate surface area is 154 Å². The van der Waals surface area contributed by atoms with E-state index in [1.807, 2.05) is 0 Å². The van der Waals surface area contributed by atoms with E-state index in [4.69, 9.17) is 9.47 Å². The molecule has 7 heteroatoms. The van der Waals surface area contributed by atoms with Crippen LogP contribution in [0.4, 0.5) is 0 Å². The number of aryl methyl sites for hydroxylation is 1. The van der Waals surface area contributed by atoms with Gasteiger partial charge in [-0.25, -0.2) is 9.59 Å². The zero-order chi connectivity index (χ0) is 19.4. The predicted molar refractivity (Wildman–Crippen MR) is 96.1 cm³/mol. The molecule has 0 spiro atoms. The molecule has 144 valence electrons. The van der Waals surface area contributed by atoms with Crippen molar-refractivity contribution >= 4 is 17.8 Å². The van der Waals surface area contributed by atoms with Crippen LogP contribution in [-0.4, -0.2) is 53.5 Å². The van der Waals surface area contributed by atoms with Crippen LogP contribution in [0.1, 0.15) is 65.7 Å². The Balaban J connectivity index is 2.07. The highest BCUT2D eigenvalue weighted by Gasteiger charge is 2.29. The maximum Gasteiger partial charge on any atom is 0.355 e. The fourth-order valence-electron chi connectivity index (χ4n) is 3.22. The van der Waals surface area contributed by atoms with E-state index in [-0.39, 0.29) is 23.8 Å². The lowest BCUT2D eigenvalue weighted by Crippen LogP contribution is -2.44. The molecular formula is C19H28N2O5. The van der Waals surface area contributed by atoms with E-state index in [9.17, 15) is 14.4 Å². The lowest BCUT2D eigenvalue weighted by molar-refractivity contribution is -0.141. The number of amides is 1. The number of nitrogens with one attached hydrogen (secondary N) is 1. The average Bonchev–Trinajstić information content (AvgIpc) is 2.89. The molecule has 0 aromatic carbocycles. The molecule has 0 unspecified atom stereocenters. The molecule has 1 N–H and O–H groups in total. The first-order valence-electron chi connectivity index (χ1n) is 9.12. The normalized spacial score (nSPS) is 16.3. The van der Waals surface area contributed by atoms with Crippen LogP contribution in [0.5, 0.6) is 0 Å². The summed E-state index contributed by atoms with van der Waals surface area (Å²) >= 11 is 0. The van der Waals surface area contributed by atoms with Crippen molar-refractivity contribution in [3.8, 4) is 0 Å². The first-order valence-corrected chi connectivity index (χ1v) is 9.12. The number of H-pyrrole nitrogens is 1. The number of ether oxygens (including phenoxy) is 2. The van der Waals surface area contributed by atoms with Crippen LogP contribution in [0.3, 0.4) is 0 Å². The molecule has 0 bridgehead atoms. The number of hydrogen-bond donors (Lipinski definition) is 1.